The Kier molecular flexibility index (Phi) is 23.0. The van der Waals surface area contributed by atoms with Crippen LogP contribution in [0.5, 0.6) is 0 Å². The Balaban J connectivity index is 0.000000157. The quantitative estimate of drug-likeness (QED) is 0.0617. The van der Waals surface area contributed by atoms with Crippen LogP contribution in [0.3, 0.4) is 0 Å². The maximum absolute atomic E-state index is 12.8. The Morgan fingerprint density at radius 3 is 1.12 bits per heavy atom. The van der Waals surface area contributed by atoms with E-state index in [1.807, 2.05) is 60.7 Å². The number of methoxy groups -OCH3 is 2. The van der Waals surface area contributed by atoms with Crippen molar-refractivity contribution in [1.29, 1.82) is 0 Å². The number of rotatable bonds is 17. The van der Waals surface area contributed by atoms with Gasteiger partial charge >= 0.3 is 11.9 Å². The molecule has 26 heteroatoms. The van der Waals surface area contributed by atoms with Gasteiger partial charge in [-0.2, -0.15) is 0 Å². The highest BCUT2D eigenvalue weighted by atomic mass is 79.9. The minimum Gasteiger partial charge on any atom is -0.469 e. The van der Waals surface area contributed by atoms with Gasteiger partial charge in [0.25, 0.3) is 0 Å². The summed E-state index contributed by atoms with van der Waals surface area (Å²) in [5.74, 6) is 0.845. The topological polar surface area (TPSA) is 276 Å². The maximum atomic E-state index is 12.8. The van der Waals surface area contributed by atoms with Gasteiger partial charge in [-0.3, -0.25) is 19.2 Å². The lowest BCUT2D eigenvalue weighted by Crippen LogP contribution is -2.36. The highest BCUT2D eigenvalue weighted by molar-refractivity contribution is 9.10. The molecule has 5 fully saturated rings. The first-order chi connectivity index (χ1) is 43.3. The molecule has 2 amide bonds. The highest BCUT2D eigenvalue weighted by Crippen LogP contribution is 2.45. The average Bonchev–Trinajstić information content (AvgIpc) is 3.08. The molecular weight excluding hydrogens is 1270 g/mol. The van der Waals surface area contributed by atoms with Crippen LogP contribution in [0.15, 0.2) is 102 Å². The van der Waals surface area contributed by atoms with Crippen LogP contribution in [0, 0.1) is 0 Å². The molecule has 5 aliphatic rings. The number of nitrogens with one attached hydrogen (secondary N) is 2. The van der Waals surface area contributed by atoms with Gasteiger partial charge in [0.2, 0.25) is 32.3 Å². The van der Waals surface area contributed by atoms with E-state index < -0.39 is 0 Å². The Labute approximate surface area is 542 Å². The molecule has 468 valence electrons. The summed E-state index contributed by atoms with van der Waals surface area (Å²) in [6, 6.07) is 32.1. The number of hydrogen-bond donors (Lipinski definition) is 4. The molecule has 21 nitrogen and oxygen atoms in total. The number of benzene rings is 4. The van der Waals surface area contributed by atoms with E-state index in [1.54, 1.807) is 0 Å². The Morgan fingerprint density at radius 2 is 0.798 bits per heavy atom. The van der Waals surface area contributed by atoms with Crippen molar-refractivity contribution < 1.29 is 28.7 Å². The molecule has 2 saturated carbocycles. The fourth-order valence-corrected chi connectivity index (χ4v) is 14.9. The molecule has 0 unspecified atom stereocenters. The normalized spacial score (nSPS) is 18.3. The monoisotopic (exact) mass is 1340 g/mol. The smallest absolute Gasteiger partial charge is 0.309 e. The van der Waals surface area contributed by atoms with Gasteiger partial charge in [-0.1, -0.05) is 123 Å². The van der Waals surface area contributed by atoms with Gasteiger partial charge in [0.15, 0.2) is 0 Å². The number of nitrogens with zero attached hydrogens (tertiary/aromatic N) is 11. The van der Waals surface area contributed by atoms with Crippen LogP contribution in [-0.4, -0.2) is 118 Å². The van der Waals surface area contributed by atoms with E-state index >= 15 is 0 Å². The number of carbonyl (C=O) groups excluding carboxylic acids is 4. The Morgan fingerprint density at radius 1 is 0.461 bits per heavy atom. The number of ether oxygens (including phenoxy) is 2. The predicted molar refractivity (Wildman–Crippen MR) is 356 cm³/mol. The maximum Gasteiger partial charge on any atom is 0.309 e. The molecular formula is C63H74BrN15O6S4. The molecule has 13 rings (SSSR count). The zero-order valence-corrected chi connectivity index (χ0v) is 54.8. The van der Waals surface area contributed by atoms with E-state index in [1.165, 1.54) is 102 Å². The van der Waals surface area contributed by atoms with Crippen molar-refractivity contribution in [2.24, 2.45) is 0 Å². The lowest BCUT2D eigenvalue weighted by molar-refractivity contribution is -0.140. The van der Waals surface area contributed by atoms with E-state index in [9.17, 15) is 19.2 Å². The second kappa shape index (κ2) is 31.8. The third-order valence-electron chi connectivity index (χ3n) is 16.2. The van der Waals surface area contributed by atoms with E-state index in [2.05, 4.69) is 128 Å². The summed E-state index contributed by atoms with van der Waals surface area (Å²) < 4.78 is 10.2. The summed E-state index contributed by atoms with van der Waals surface area (Å²) in [6.07, 6.45) is 13.6. The minimum atomic E-state index is -0.215. The van der Waals surface area contributed by atoms with Crippen LogP contribution in [-0.2, 0) is 54.3 Å². The molecule has 3 saturated heterocycles. The number of nitrogens with two attached hydrogens (primary N) is 2. The average molecular weight is 1350 g/mol. The first kappa shape index (κ1) is 64.5. The fraction of sp³-hybridized carbons (Fsp3) is 0.429. The van der Waals surface area contributed by atoms with Crippen molar-refractivity contribution >= 4 is 123 Å². The molecule has 4 atom stereocenters. The number of aromatic nitrogens is 8. The molecule has 3 aliphatic heterocycles. The fourth-order valence-electron chi connectivity index (χ4n) is 11.1. The van der Waals surface area contributed by atoms with Crippen LogP contribution in [0.4, 0.5) is 37.6 Å². The number of nitrogen functional groups attached to an aromatic ring is 2. The second-order valence-corrected chi connectivity index (χ2v) is 27.6. The third-order valence-corrected chi connectivity index (χ3v) is 20.5. The SMILES string of the molecule is COC(=O)Cc1cccc(Br)c1.COC(=O)Cc1cccc(N2CCC2)c1.Nc1nnc([C@H]2CCC[C@H](c3nnc(N)s3)C2)s1.O=C(Cc1cccc(N2CCC2)c1)Nc1nnc([C@H]2CCC[C@H](c3nnc(NC(=O)Cc4cccc(N5CCC5)c4)s3)C2)s1. The standard InChI is InChI=1S/C32H36N8O2S2.C12H15NO2.C10H14N6S2.C9H9BrO2/c41-27(18-21-6-1-10-25(16-21)39-12-4-13-39)33-31-37-35-29(43-31)23-8-3-9-24(20-23)30-36-38-32(44-30)34-28(42)19-22-7-2-11-26(17-22)40-14-5-15-40;1-15-12(14)9-10-4-2-5-11(8-10)13-6-3-7-13;11-9-15-13-7(17-9)5-2-1-3-6(4-5)8-14-16-10(12)18-8;1-12-9(11)6-7-3-2-4-8(10)5-7/h1-2,6-7,10-11,16-17,23-24H,3-5,8-9,12-15,18-20H2,(H,33,37,41)(H,34,38,42);2,4-5,8H,3,6-7,9H2,1H3;5-6H,1-4H2,(H2,11,15)(H2,12,16);2-5H,6H2,1H3/t23-,24-;;5-,6-;/m0.0./s1. The van der Waals surface area contributed by atoms with Gasteiger partial charge in [-0.25, -0.2) is 0 Å². The number of halogens is 1. The van der Waals surface area contributed by atoms with Crippen molar-refractivity contribution in [2.75, 3.05) is 90.3 Å². The van der Waals surface area contributed by atoms with Crippen molar-refractivity contribution in [3.63, 3.8) is 0 Å². The summed E-state index contributed by atoms with van der Waals surface area (Å²) >= 11 is 9.24. The van der Waals surface area contributed by atoms with Crippen molar-refractivity contribution in [1.82, 2.24) is 40.8 Å². The van der Waals surface area contributed by atoms with E-state index in [4.69, 9.17) is 11.5 Å². The van der Waals surface area contributed by atoms with Crippen molar-refractivity contribution in [3.05, 3.63) is 144 Å². The largest absolute Gasteiger partial charge is 0.469 e. The summed E-state index contributed by atoms with van der Waals surface area (Å²) in [4.78, 5) is 54.5. The number of anilines is 7. The van der Waals surface area contributed by atoms with Crippen molar-refractivity contribution in [2.45, 2.75) is 120 Å². The summed E-state index contributed by atoms with van der Waals surface area (Å²) in [5.41, 5.74) is 18.8. The summed E-state index contributed by atoms with van der Waals surface area (Å²) in [6.45, 7) is 6.57. The van der Waals surface area contributed by atoms with Crippen LogP contribution in [0.1, 0.15) is 137 Å². The molecule has 2 aliphatic carbocycles. The van der Waals surface area contributed by atoms with Gasteiger partial charge in [-0.05, 0) is 129 Å². The van der Waals surface area contributed by atoms with Gasteiger partial charge in [0, 0.05) is 84.5 Å². The molecule has 8 aromatic rings. The van der Waals surface area contributed by atoms with E-state index in [0.29, 0.717) is 58.0 Å². The molecule has 4 aromatic heterocycles. The number of amides is 2. The summed E-state index contributed by atoms with van der Waals surface area (Å²) in [5, 5.41) is 45.7. The lowest BCUT2D eigenvalue weighted by Gasteiger charge is -2.33. The van der Waals surface area contributed by atoms with Gasteiger partial charge in [-0.15, -0.1) is 40.8 Å². The number of carbonyl (C=O) groups is 4. The van der Waals surface area contributed by atoms with Crippen LogP contribution >= 0.6 is 61.3 Å². The summed E-state index contributed by atoms with van der Waals surface area (Å²) in [7, 11) is 2.81. The van der Waals surface area contributed by atoms with E-state index in [0.717, 1.165) is 131 Å². The molecule has 0 radical (unpaired) electrons. The zero-order valence-electron chi connectivity index (χ0n) is 49.9. The second-order valence-electron chi connectivity index (χ2n) is 22.6. The number of hydrogen-bond acceptors (Lipinski definition) is 23. The van der Waals surface area contributed by atoms with Gasteiger partial charge in [0.1, 0.15) is 20.0 Å². The van der Waals surface area contributed by atoms with E-state index in [-0.39, 0.29) is 35.6 Å². The molecule has 0 bridgehead atoms. The zero-order chi connectivity index (χ0) is 62.1. The van der Waals surface area contributed by atoms with Gasteiger partial charge in [0.05, 0.1) is 39.9 Å². The molecule has 0 spiro atoms. The molecule has 89 heavy (non-hydrogen) atoms. The Hall–Kier alpha value is -7.52. The van der Waals surface area contributed by atoms with Crippen LogP contribution in [0.2, 0.25) is 0 Å². The first-order valence-corrected chi connectivity index (χ1v) is 34.2. The third kappa shape index (κ3) is 18.8. The molecule has 7 heterocycles. The Bertz CT molecular complexity index is 3480. The molecule has 4 aromatic carbocycles. The van der Waals surface area contributed by atoms with Crippen LogP contribution < -0.4 is 36.8 Å². The number of esters is 2. The van der Waals surface area contributed by atoms with Crippen molar-refractivity contribution in [3.8, 4) is 0 Å². The van der Waals surface area contributed by atoms with Crippen LogP contribution in [0.25, 0.3) is 0 Å². The molecule has 6 N–H and O–H groups in total. The van der Waals surface area contributed by atoms with Gasteiger partial charge < -0.3 is 46.3 Å². The minimum absolute atomic E-state index is 0.0812. The highest BCUT2D eigenvalue weighted by Gasteiger charge is 2.31. The predicted octanol–water partition coefficient (Wildman–Crippen LogP) is 11.4. The first-order valence-electron chi connectivity index (χ1n) is 30.1. The lowest BCUT2D eigenvalue weighted by atomic mass is 9.82.